The van der Waals surface area contributed by atoms with Crippen LogP contribution in [0, 0.1) is 0 Å². The second-order valence-electron chi connectivity index (χ2n) is 6.30. The normalized spacial score (nSPS) is 20.3. The number of nitrogens with one attached hydrogen (secondary N) is 2. The monoisotopic (exact) mass is 356 g/mol. The molecule has 0 bridgehead atoms. The number of ether oxygens (including phenoxy) is 4. The first-order valence-corrected chi connectivity index (χ1v) is 8.86. The van der Waals surface area contributed by atoms with Crippen LogP contribution in [0.2, 0.25) is 0 Å². The first-order valence-electron chi connectivity index (χ1n) is 8.86. The summed E-state index contributed by atoms with van der Waals surface area (Å²) < 4.78 is 21.6. The fraction of sp³-hybridized carbons (Fsp3) is 0.667. The summed E-state index contributed by atoms with van der Waals surface area (Å²) in [5.74, 6) is 2.06. The van der Waals surface area contributed by atoms with Gasteiger partial charge in [0.15, 0.2) is 11.5 Å². The van der Waals surface area contributed by atoms with E-state index in [9.17, 15) is 0 Å². The maximum atomic E-state index is 8.72. The molecule has 0 saturated carbocycles. The van der Waals surface area contributed by atoms with E-state index in [0.717, 1.165) is 45.9 Å². The minimum atomic E-state index is 0.0993. The molecule has 0 aromatic heterocycles. The summed E-state index contributed by atoms with van der Waals surface area (Å²) in [6.45, 7) is 7.76. The van der Waals surface area contributed by atoms with Crippen LogP contribution in [0.5, 0.6) is 17.2 Å². The molecular weight excluding hydrogens is 324 g/mol. The molecular formula is C18H32N2O5+2. The average molecular weight is 356 g/mol. The Morgan fingerprint density at radius 2 is 1.48 bits per heavy atom. The van der Waals surface area contributed by atoms with Gasteiger partial charge < -0.3 is 33.9 Å². The van der Waals surface area contributed by atoms with E-state index in [4.69, 9.17) is 24.1 Å². The van der Waals surface area contributed by atoms with Crippen LogP contribution in [0.4, 0.5) is 0 Å². The maximum Gasteiger partial charge on any atom is 0.203 e. The fourth-order valence-corrected chi connectivity index (χ4v) is 3.29. The molecule has 25 heavy (non-hydrogen) atoms. The zero-order chi connectivity index (χ0) is 18.1. The summed E-state index contributed by atoms with van der Waals surface area (Å²) >= 11 is 0. The van der Waals surface area contributed by atoms with Gasteiger partial charge in [0.05, 0.1) is 41.2 Å². The fourth-order valence-electron chi connectivity index (χ4n) is 3.29. The molecule has 2 rings (SSSR count). The van der Waals surface area contributed by atoms with Crippen LogP contribution in [-0.2, 0) is 11.3 Å². The highest BCUT2D eigenvalue weighted by atomic mass is 16.5. The number of hydrogen-bond acceptors (Lipinski definition) is 5. The first kappa shape index (κ1) is 19.8. The average Bonchev–Trinajstić information content (AvgIpc) is 2.65. The molecule has 0 unspecified atom stereocenters. The van der Waals surface area contributed by atoms with Crippen molar-refractivity contribution in [3.05, 3.63) is 17.7 Å². The SMILES string of the molecule is COc1cc(C[NH+]2CC[NH+](CCOCCO)CC2)cc(OC)c1OC. The van der Waals surface area contributed by atoms with E-state index in [2.05, 4.69) is 0 Å². The van der Waals surface area contributed by atoms with Crippen LogP contribution in [0.3, 0.4) is 0 Å². The molecule has 0 spiro atoms. The molecule has 0 amide bonds. The van der Waals surface area contributed by atoms with E-state index in [1.54, 1.807) is 31.1 Å². The quantitative estimate of drug-likeness (QED) is 0.424. The van der Waals surface area contributed by atoms with Crippen LogP contribution < -0.4 is 24.0 Å². The molecule has 142 valence electrons. The van der Waals surface area contributed by atoms with Gasteiger partial charge in [-0.25, -0.2) is 0 Å². The highest BCUT2D eigenvalue weighted by Crippen LogP contribution is 2.37. The lowest BCUT2D eigenvalue weighted by Crippen LogP contribution is -3.27. The lowest BCUT2D eigenvalue weighted by molar-refractivity contribution is -1.02. The Labute approximate surface area is 150 Å². The number of hydrogen-bond donors (Lipinski definition) is 3. The second kappa shape index (κ2) is 10.5. The van der Waals surface area contributed by atoms with Gasteiger partial charge in [-0.2, -0.15) is 0 Å². The number of aliphatic hydroxyl groups is 1. The predicted octanol–water partition coefficient (Wildman–Crippen LogP) is -2.00. The van der Waals surface area contributed by atoms with Gasteiger partial charge in [0.25, 0.3) is 0 Å². The highest BCUT2D eigenvalue weighted by molar-refractivity contribution is 5.53. The maximum absolute atomic E-state index is 8.72. The van der Waals surface area contributed by atoms with Gasteiger partial charge in [-0.15, -0.1) is 0 Å². The van der Waals surface area contributed by atoms with Gasteiger partial charge in [-0.1, -0.05) is 0 Å². The molecule has 1 heterocycles. The summed E-state index contributed by atoms with van der Waals surface area (Å²) in [7, 11) is 4.92. The Hall–Kier alpha value is -1.54. The van der Waals surface area contributed by atoms with Crippen molar-refractivity contribution in [2.24, 2.45) is 0 Å². The molecule has 1 fully saturated rings. The Morgan fingerprint density at radius 1 is 0.880 bits per heavy atom. The van der Waals surface area contributed by atoms with Crippen molar-refractivity contribution in [1.82, 2.24) is 0 Å². The Bertz CT molecular complexity index is 493. The highest BCUT2D eigenvalue weighted by Gasteiger charge is 2.24. The van der Waals surface area contributed by atoms with Gasteiger partial charge >= 0.3 is 0 Å². The van der Waals surface area contributed by atoms with Gasteiger partial charge in [-0.3, -0.25) is 0 Å². The number of aliphatic hydroxyl groups excluding tert-OH is 1. The van der Waals surface area contributed by atoms with Crippen molar-refractivity contribution in [2.75, 3.05) is 73.9 Å². The predicted molar refractivity (Wildman–Crippen MR) is 94.0 cm³/mol. The second-order valence-corrected chi connectivity index (χ2v) is 6.30. The lowest BCUT2D eigenvalue weighted by Gasteiger charge is -2.29. The molecule has 7 nitrogen and oxygen atoms in total. The molecule has 1 aliphatic heterocycles. The molecule has 1 aromatic rings. The summed E-state index contributed by atoms with van der Waals surface area (Å²) in [6.07, 6.45) is 0. The molecule has 0 radical (unpaired) electrons. The number of rotatable bonds is 10. The van der Waals surface area contributed by atoms with E-state index in [0.29, 0.717) is 23.9 Å². The third-order valence-corrected chi connectivity index (χ3v) is 4.68. The van der Waals surface area contributed by atoms with E-state index in [1.165, 1.54) is 5.56 Å². The van der Waals surface area contributed by atoms with Crippen molar-refractivity contribution >= 4 is 0 Å². The van der Waals surface area contributed by atoms with Crippen molar-refractivity contribution in [2.45, 2.75) is 6.54 Å². The Kier molecular flexibility index (Phi) is 8.27. The number of piperazine rings is 1. The minimum Gasteiger partial charge on any atom is -0.493 e. The van der Waals surface area contributed by atoms with Crippen LogP contribution >= 0.6 is 0 Å². The molecule has 0 atom stereocenters. The Balaban J connectivity index is 1.87. The van der Waals surface area contributed by atoms with Crippen molar-refractivity contribution in [1.29, 1.82) is 0 Å². The van der Waals surface area contributed by atoms with Crippen molar-refractivity contribution < 1.29 is 33.9 Å². The minimum absolute atomic E-state index is 0.0993. The largest absolute Gasteiger partial charge is 0.493 e. The van der Waals surface area contributed by atoms with Gasteiger partial charge in [-0.05, 0) is 12.1 Å². The molecule has 0 aliphatic carbocycles. The van der Waals surface area contributed by atoms with Crippen LogP contribution in [-0.4, -0.2) is 79.0 Å². The third kappa shape index (κ3) is 5.74. The summed E-state index contributed by atoms with van der Waals surface area (Å²) in [5, 5.41) is 8.72. The lowest BCUT2D eigenvalue weighted by atomic mass is 10.1. The molecule has 1 saturated heterocycles. The molecule has 3 N–H and O–H groups in total. The summed E-state index contributed by atoms with van der Waals surface area (Å²) in [5.41, 5.74) is 1.19. The third-order valence-electron chi connectivity index (χ3n) is 4.68. The standard InChI is InChI=1S/C18H30N2O5/c1-22-16-12-15(13-17(23-2)18(16)24-3)14-20-6-4-19(5-7-20)8-10-25-11-9-21/h12-13,21H,4-11,14H2,1-3H3/p+2. The number of benzene rings is 1. The van der Waals surface area contributed by atoms with Gasteiger partial charge in [0.2, 0.25) is 5.75 Å². The van der Waals surface area contributed by atoms with Crippen LogP contribution in [0.1, 0.15) is 5.56 Å². The van der Waals surface area contributed by atoms with Gasteiger partial charge in [0, 0.05) is 5.56 Å². The molecule has 1 aromatic carbocycles. The van der Waals surface area contributed by atoms with E-state index < -0.39 is 0 Å². The van der Waals surface area contributed by atoms with Crippen molar-refractivity contribution in [3.8, 4) is 17.2 Å². The van der Waals surface area contributed by atoms with Crippen LogP contribution in [0.25, 0.3) is 0 Å². The first-order chi connectivity index (χ1) is 12.2. The summed E-state index contributed by atoms with van der Waals surface area (Å²) in [6, 6.07) is 4.08. The topological polar surface area (TPSA) is 66.0 Å². The van der Waals surface area contributed by atoms with E-state index >= 15 is 0 Å². The zero-order valence-corrected chi connectivity index (χ0v) is 15.6. The van der Waals surface area contributed by atoms with E-state index in [1.807, 2.05) is 12.1 Å². The summed E-state index contributed by atoms with van der Waals surface area (Å²) in [4.78, 5) is 3.14. The molecule has 1 aliphatic rings. The van der Waals surface area contributed by atoms with Gasteiger partial charge in [0.1, 0.15) is 39.3 Å². The Morgan fingerprint density at radius 3 is 2.00 bits per heavy atom. The van der Waals surface area contributed by atoms with Crippen molar-refractivity contribution in [3.63, 3.8) is 0 Å². The number of quaternary nitrogens is 2. The molecule has 7 heteroatoms. The zero-order valence-electron chi connectivity index (χ0n) is 15.6. The smallest absolute Gasteiger partial charge is 0.203 e. The number of methoxy groups -OCH3 is 3. The van der Waals surface area contributed by atoms with Crippen LogP contribution in [0.15, 0.2) is 12.1 Å². The van der Waals surface area contributed by atoms with E-state index in [-0.39, 0.29) is 6.61 Å².